The monoisotopic (exact) mass is 433 g/mol. The maximum atomic E-state index is 12.1. The van der Waals surface area contributed by atoms with Gasteiger partial charge in [-0.15, -0.1) is 11.3 Å². The molecule has 5 heteroatoms. The summed E-state index contributed by atoms with van der Waals surface area (Å²) in [6.07, 6.45) is 8.14. The highest BCUT2D eigenvalue weighted by Crippen LogP contribution is 2.43. The quantitative estimate of drug-likeness (QED) is 0.567. The SMILES string of the molecule is COC(=O)c1sc(I)cc1C1CNCCC1C1CCCCC1. The number of nitrogens with one attached hydrogen (secondary N) is 1. The van der Waals surface area contributed by atoms with Crippen LogP contribution in [0.1, 0.15) is 59.7 Å². The van der Waals surface area contributed by atoms with E-state index in [0.29, 0.717) is 5.92 Å². The highest BCUT2D eigenvalue weighted by Gasteiger charge is 2.36. The van der Waals surface area contributed by atoms with E-state index in [2.05, 4.69) is 34.0 Å². The molecule has 0 spiro atoms. The minimum Gasteiger partial charge on any atom is -0.465 e. The smallest absolute Gasteiger partial charge is 0.348 e. The Hall–Kier alpha value is -0.140. The fourth-order valence-corrected chi connectivity index (χ4v) is 6.12. The lowest BCUT2D eigenvalue weighted by atomic mass is 9.69. The van der Waals surface area contributed by atoms with Gasteiger partial charge in [-0.3, -0.25) is 0 Å². The largest absolute Gasteiger partial charge is 0.465 e. The Kier molecular flexibility index (Phi) is 5.79. The minimum absolute atomic E-state index is 0.170. The van der Waals surface area contributed by atoms with Gasteiger partial charge in [-0.05, 0) is 59.0 Å². The molecule has 3 nitrogen and oxygen atoms in total. The predicted octanol–water partition coefficient (Wildman–Crippen LogP) is 4.41. The van der Waals surface area contributed by atoms with E-state index in [9.17, 15) is 4.79 Å². The van der Waals surface area contributed by atoms with Crippen molar-refractivity contribution in [2.24, 2.45) is 11.8 Å². The highest BCUT2D eigenvalue weighted by molar-refractivity contribution is 14.1. The van der Waals surface area contributed by atoms with Gasteiger partial charge in [-0.2, -0.15) is 0 Å². The fourth-order valence-electron chi connectivity index (χ4n) is 4.25. The molecule has 1 aromatic heterocycles. The number of thiophene rings is 1. The Morgan fingerprint density at radius 1 is 1.32 bits per heavy atom. The van der Waals surface area contributed by atoms with Gasteiger partial charge in [-0.1, -0.05) is 32.1 Å². The Morgan fingerprint density at radius 2 is 2.09 bits per heavy atom. The van der Waals surface area contributed by atoms with Crippen molar-refractivity contribution in [3.63, 3.8) is 0 Å². The van der Waals surface area contributed by atoms with Crippen molar-refractivity contribution in [3.05, 3.63) is 19.4 Å². The first kappa shape index (κ1) is 16.7. The molecule has 1 saturated carbocycles. The van der Waals surface area contributed by atoms with Crippen molar-refractivity contribution in [2.45, 2.75) is 44.4 Å². The molecule has 0 amide bonds. The molecule has 1 aliphatic carbocycles. The zero-order chi connectivity index (χ0) is 15.5. The van der Waals surface area contributed by atoms with Gasteiger partial charge in [0, 0.05) is 12.5 Å². The molecule has 2 aliphatic rings. The number of carbonyl (C=O) groups excluding carboxylic acids is 1. The lowest BCUT2D eigenvalue weighted by molar-refractivity contribution is 0.0603. The third-order valence-electron chi connectivity index (χ3n) is 5.29. The molecule has 3 rings (SSSR count). The number of methoxy groups -OCH3 is 1. The van der Waals surface area contributed by atoms with Crippen LogP contribution in [0.2, 0.25) is 0 Å². The van der Waals surface area contributed by atoms with E-state index in [1.165, 1.54) is 54.1 Å². The number of piperidine rings is 1. The second-order valence-corrected chi connectivity index (χ2v) is 9.43. The van der Waals surface area contributed by atoms with Crippen molar-refractivity contribution in [3.8, 4) is 0 Å². The van der Waals surface area contributed by atoms with Crippen molar-refractivity contribution in [2.75, 3.05) is 20.2 Å². The van der Waals surface area contributed by atoms with Crippen molar-refractivity contribution >= 4 is 39.9 Å². The summed E-state index contributed by atoms with van der Waals surface area (Å²) in [7, 11) is 1.48. The number of ether oxygens (including phenoxy) is 1. The van der Waals surface area contributed by atoms with Crippen LogP contribution in [0.4, 0.5) is 0 Å². The summed E-state index contributed by atoms with van der Waals surface area (Å²) < 4.78 is 6.19. The summed E-state index contributed by atoms with van der Waals surface area (Å²) in [6.45, 7) is 2.12. The first-order valence-electron chi connectivity index (χ1n) is 8.29. The van der Waals surface area contributed by atoms with Crippen molar-refractivity contribution in [1.82, 2.24) is 5.32 Å². The number of rotatable bonds is 3. The predicted molar refractivity (Wildman–Crippen MR) is 98.7 cm³/mol. The molecule has 2 fully saturated rings. The summed E-state index contributed by atoms with van der Waals surface area (Å²) in [4.78, 5) is 13.0. The normalized spacial score (nSPS) is 26.8. The van der Waals surface area contributed by atoms with E-state index in [1.807, 2.05) is 0 Å². The molecule has 1 aliphatic heterocycles. The van der Waals surface area contributed by atoms with Gasteiger partial charge >= 0.3 is 5.97 Å². The molecule has 2 atom stereocenters. The Balaban J connectivity index is 1.88. The van der Waals surface area contributed by atoms with Crippen LogP contribution < -0.4 is 5.32 Å². The number of hydrogen-bond acceptors (Lipinski definition) is 4. The Morgan fingerprint density at radius 3 is 2.82 bits per heavy atom. The molecule has 1 aromatic rings. The van der Waals surface area contributed by atoms with Crippen molar-refractivity contribution in [1.29, 1.82) is 0 Å². The third kappa shape index (κ3) is 3.51. The van der Waals surface area contributed by atoms with Gasteiger partial charge in [0.25, 0.3) is 0 Å². The van der Waals surface area contributed by atoms with Crippen LogP contribution >= 0.6 is 33.9 Å². The summed E-state index contributed by atoms with van der Waals surface area (Å²) in [6, 6.07) is 2.21. The molecular formula is C17H24INO2S. The molecule has 122 valence electrons. The minimum atomic E-state index is -0.170. The van der Waals surface area contributed by atoms with E-state index in [1.54, 1.807) is 11.3 Å². The second kappa shape index (κ2) is 7.62. The zero-order valence-corrected chi connectivity index (χ0v) is 16.0. The average Bonchev–Trinajstić information content (AvgIpc) is 2.96. The van der Waals surface area contributed by atoms with E-state index in [-0.39, 0.29) is 5.97 Å². The van der Waals surface area contributed by atoms with Gasteiger partial charge in [0.1, 0.15) is 4.88 Å². The Bertz CT molecular complexity index is 525. The third-order valence-corrected chi connectivity index (χ3v) is 7.18. The maximum absolute atomic E-state index is 12.1. The zero-order valence-electron chi connectivity index (χ0n) is 13.1. The van der Waals surface area contributed by atoms with Crippen LogP contribution in [0.15, 0.2) is 6.07 Å². The van der Waals surface area contributed by atoms with Crippen LogP contribution in [0, 0.1) is 14.7 Å². The topological polar surface area (TPSA) is 38.3 Å². The molecule has 0 radical (unpaired) electrons. The van der Waals surface area contributed by atoms with E-state index < -0.39 is 0 Å². The highest BCUT2D eigenvalue weighted by atomic mass is 127. The van der Waals surface area contributed by atoms with Crippen LogP contribution in [0.3, 0.4) is 0 Å². The van der Waals surface area contributed by atoms with Crippen LogP contribution in [-0.4, -0.2) is 26.2 Å². The Labute approximate surface area is 150 Å². The standard InChI is InChI=1S/C17H24INO2S/c1-21-17(20)16-13(9-15(18)22-16)14-10-19-8-7-12(14)11-5-3-2-4-6-11/h9,11-12,14,19H,2-8,10H2,1H3. The van der Waals surface area contributed by atoms with Crippen LogP contribution in [-0.2, 0) is 4.74 Å². The molecule has 2 unspecified atom stereocenters. The second-order valence-electron chi connectivity index (χ2n) is 6.49. The average molecular weight is 433 g/mol. The summed E-state index contributed by atoms with van der Waals surface area (Å²) in [5, 5.41) is 3.55. The molecule has 2 heterocycles. The number of halogens is 1. The van der Waals surface area contributed by atoms with Crippen LogP contribution in [0.25, 0.3) is 0 Å². The summed E-state index contributed by atoms with van der Waals surface area (Å²) in [5.74, 6) is 1.85. The van der Waals surface area contributed by atoms with Gasteiger partial charge in [0.2, 0.25) is 0 Å². The summed E-state index contributed by atoms with van der Waals surface area (Å²) in [5.41, 5.74) is 1.23. The number of hydrogen-bond donors (Lipinski definition) is 1. The van der Waals surface area contributed by atoms with Gasteiger partial charge < -0.3 is 10.1 Å². The van der Waals surface area contributed by atoms with E-state index >= 15 is 0 Å². The molecule has 1 N–H and O–H groups in total. The first-order valence-corrected chi connectivity index (χ1v) is 10.2. The molecular weight excluding hydrogens is 409 g/mol. The van der Waals surface area contributed by atoms with E-state index in [4.69, 9.17) is 4.74 Å². The lowest BCUT2D eigenvalue weighted by Gasteiger charge is -2.39. The molecule has 0 bridgehead atoms. The fraction of sp³-hybridized carbons (Fsp3) is 0.706. The number of carbonyl (C=O) groups is 1. The van der Waals surface area contributed by atoms with Crippen molar-refractivity contribution < 1.29 is 9.53 Å². The first-order chi connectivity index (χ1) is 10.7. The lowest BCUT2D eigenvalue weighted by Crippen LogP contribution is -2.39. The summed E-state index contributed by atoms with van der Waals surface area (Å²) >= 11 is 3.90. The van der Waals surface area contributed by atoms with Gasteiger partial charge in [-0.25, -0.2) is 4.79 Å². The number of esters is 1. The van der Waals surface area contributed by atoms with E-state index in [0.717, 1.165) is 29.8 Å². The van der Waals surface area contributed by atoms with Gasteiger partial charge in [0.05, 0.1) is 9.99 Å². The molecule has 1 saturated heterocycles. The van der Waals surface area contributed by atoms with Gasteiger partial charge in [0.15, 0.2) is 0 Å². The molecule has 22 heavy (non-hydrogen) atoms. The van der Waals surface area contributed by atoms with Crippen LogP contribution in [0.5, 0.6) is 0 Å². The molecule has 0 aromatic carbocycles. The maximum Gasteiger partial charge on any atom is 0.348 e.